The normalized spacial score (nSPS) is 15.5. The fraction of sp³-hybridized carbons (Fsp3) is 0.143. The first-order valence-electron chi connectivity index (χ1n) is 9.05. The molecule has 1 unspecified atom stereocenters. The van der Waals surface area contributed by atoms with Gasteiger partial charge in [0.1, 0.15) is 10.8 Å². The summed E-state index contributed by atoms with van der Waals surface area (Å²) in [4.78, 5) is 16.7. The number of benzene rings is 2. The number of carbonyl (C=O) groups is 1. The number of hydrogen-bond donors (Lipinski definition) is 3. The molecule has 1 atom stereocenters. The third-order valence-corrected chi connectivity index (χ3v) is 7.06. The number of pyridine rings is 1. The van der Waals surface area contributed by atoms with E-state index in [1.54, 1.807) is 30.3 Å². The second kappa shape index (κ2) is 7.29. The zero-order chi connectivity index (χ0) is 20.6. The predicted molar refractivity (Wildman–Crippen MR) is 111 cm³/mol. The summed E-state index contributed by atoms with van der Waals surface area (Å²) in [6.45, 7) is 0. The number of anilines is 2. The van der Waals surface area contributed by atoms with Crippen LogP contribution in [-0.4, -0.2) is 20.3 Å². The Morgan fingerprint density at radius 3 is 2.41 bits per heavy atom. The maximum absolute atomic E-state index is 13.1. The quantitative estimate of drug-likeness (QED) is 0.545. The highest BCUT2D eigenvalue weighted by molar-refractivity contribution is 7.93. The summed E-state index contributed by atoms with van der Waals surface area (Å²) in [7, 11) is -2.90. The number of nitrogens with two attached hydrogens (primary N) is 1. The number of nitrogens with zero attached hydrogens (tertiary/aromatic N) is 1. The van der Waals surface area contributed by atoms with Crippen LogP contribution in [0.5, 0.6) is 0 Å². The lowest BCUT2D eigenvalue weighted by molar-refractivity contribution is 0.102. The number of aromatic nitrogens is 1. The minimum absolute atomic E-state index is 0.135. The van der Waals surface area contributed by atoms with Gasteiger partial charge in [0.2, 0.25) is 0 Å². The minimum atomic E-state index is -2.90. The van der Waals surface area contributed by atoms with Crippen molar-refractivity contribution in [2.45, 2.75) is 23.1 Å². The Morgan fingerprint density at radius 2 is 1.79 bits per heavy atom. The summed E-state index contributed by atoms with van der Waals surface area (Å²) in [5.41, 5.74) is 8.63. The van der Waals surface area contributed by atoms with Crippen molar-refractivity contribution in [1.82, 2.24) is 4.98 Å². The van der Waals surface area contributed by atoms with E-state index in [1.807, 2.05) is 0 Å². The Labute approximate surface area is 168 Å². The maximum atomic E-state index is 13.1. The number of nitrogens with one attached hydrogen (secondary N) is 2. The Bertz CT molecular complexity index is 1170. The molecule has 3 aromatic rings. The molecule has 8 heteroatoms. The zero-order valence-electron chi connectivity index (χ0n) is 15.4. The second-order valence-corrected chi connectivity index (χ2v) is 9.23. The Kier molecular flexibility index (Phi) is 4.79. The molecule has 0 radical (unpaired) electrons. The molecule has 1 aliphatic carbocycles. The van der Waals surface area contributed by atoms with E-state index in [0.717, 1.165) is 24.0 Å². The van der Waals surface area contributed by atoms with E-state index in [9.17, 15) is 13.4 Å². The van der Waals surface area contributed by atoms with Crippen LogP contribution in [0.15, 0.2) is 65.8 Å². The molecule has 0 saturated heterocycles. The van der Waals surface area contributed by atoms with E-state index in [0.29, 0.717) is 11.4 Å². The molecule has 4 N–H and O–H groups in total. The molecule has 1 aromatic heterocycles. The van der Waals surface area contributed by atoms with Crippen LogP contribution < -0.4 is 11.1 Å². The molecule has 0 aliphatic heterocycles. The van der Waals surface area contributed by atoms with Crippen LogP contribution in [0.3, 0.4) is 0 Å². The van der Waals surface area contributed by atoms with Crippen molar-refractivity contribution in [3.05, 3.63) is 72.2 Å². The van der Waals surface area contributed by atoms with E-state index in [2.05, 4.69) is 10.3 Å². The highest BCUT2D eigenvalue weighted by atomic mass is 32.2. The van der Waals surface area contributed by atoms with Crippen molar-refractivity contribution < 1.29 is 13.4 Å². The molecule has 1 saturated carbocycles. The van der Waals surface area contributed by atoms with Crippen molar-refractivity contribution in [2.75, 3.05) is 11.1 Å². The van der Waals surface area contributed by atoms with Gasteiger partial charge in [0, 0.05) is 11.4 Å². The predicted octanol–water partition coefficient (Wildman–Crippen LogP) is 4.29. The van der Waals surface area contributed by atoms with Gasteiger partial charge in [-0.25, -0.2) is 18.4 Å². The monoisotopic (exact) mass is 410 g/mol. The molecule has 0 bridgehead atoms. The van der Waals surface area contributed by atoms with Crippen molar-refractivity contribution in [3.8, 4) is 11.1 Å². The van der Waals surface area contributed by atoms with Gasteiger partial charge in [0.25, 0.3) is 5.91 Å². The van der Waals surface area contributed by atoms with E-state index in [1.165, 1.54) is 30.5 Å². The average Bonchev–Trinajstić information content (AvgIpc) is 3.56. The van der Waals surface area contributed by atoms with Gasteiger partial charge < -0.3 is 11.1 Å². The number of hydrogen-bond acceptors (Lipinski definition) is 5. The van der Waals surface area contributed by atoms with Crippen LogP contribution in [0, 0.1) is 10.6 Å². The third-order valence-electron chi connectivity index (χ3n) is 4.78. The van der Waals surface area contributed by atoms with Crippen LogP contribution in [0.25, 0.3) is 11.1 Å². The number of halogens is 1. The molecule has 1 fully saturated rings. The highest BCUT2D eigenvalue weighted by Crippen LogP contribution is 2.33. The molecule has 1 aliphatic rings. The summed E-state index contributed by atoms with van der Waals surface area (Å²) < 4.78 is 33.6. The maximum Gasteiger partial charge on any atom is 0.257 e. The fourth-order valence-electron chi connectivity index (χ4n) is 2.95. The van der Waals surface area contributed by atoms with Crippen LogP contribution in [0.1, 0.15) is 23.2 Å². The fourth-order valence-corrected chi connectivity index (χ4v) is 4.57. The summed E-state index contributed by atoms with van der Waals surface area (Å²) in [5.74, 6) is -0.748. The topological polar surface area (TPSA) is 109 Å². The number of nitrogen functional groups attached to an aromatic ring is 1. The molecular weight excluding hydrogens is 391 g/mol. The van der Waals surface area contributed by atoms with Crippen molar-refractivity contribution >= 4 is 27.0 Å². The van der Waals surface area contributed by atoms with Crippen LogP contribution in [0.4, 0.5) is 15.8 Å². The van der Waals surface area contributed by atoms with Gasteiger partial charge in [-0.1, -0.05) is 18.2 Å². The van der Waals surface area contributed by atoms with Crippen LogP contribution in [-0.2, 0) is 9.73 Å². The Morgan fingerprint density at radius 1 is 1.10 bits per heavy atom. The standard InChI is InChI=1S/C21H19FN4O2S/c22-16-5-1-13(2-6-16)14-3-9-18(23)19(11-14)26-21(27)15-4-10-20(25-12-15)29(24,28)17-7-8-17/h1-6,9-12,17,24H,7-8,23H2,(H,26,27). The average molecular weight is 410 g/mol. The lowest BCUT2D eigenvalue weighted by Gasteiger charge is -2.11. The van der Waals surface area contributed by atoms with E-state index < -0.39 is 15.6 Å². The smallest absolute Gasteiger partial charge is 0.257 e. The number of amides is 1. The van der Waals surface area contributed by atoms with Crippen molar-refractivity contribution in [1.29, 1.82) is 4.78 Å². The Hall–Kier alpha value is -3.26. The lowest BCUT2D eigenvalue weighted by Crippen LogP contribution is -2.14. The zero-order valence-corrected chi connectivity index (χ0v) is 16.2. The first kappa shape index (κ1) is 19.1. The van der Waals surface area contributed by atoms with Crippen molar-refractivity contribution in [2.24, 2.45) is 0 Å². The molecule has 6 nitrogen and oxygen atoms in total. The third kappa shape index (κ3) is 3.97. The molecule has 1 heterocycles. The molecular formula is C21H19FN4O2S. The van der Waals surface area contributed by atoms with Gasteiger partial charge in [-0.3, -0.25) is 4.79 Å². The van der Waals surface area contributed by atoms with Gasteiger partial charge in [-0.05, 0) is 60.4 Å². The first-order valence-corrected chi connectivity index (χ1v) is 10.7. The van der Waals surface area contributed by atoms with E-state index in [4.69, 9.17) is 10.5 Å². The minimum Gasteiger partial charge on any atom is -0.397 e. The van der Waals surface area contributed by atoms with Gasteiger partial charge in [0.05, 0.1) is 26.7 Å². The summed E-state index contributed by atoms with van der Waals surface area (Å²) >= 11 is 0. The summed E-state index contributed by atoms with van der Waals surface area (Å²) in [6.07, 6.45) is 2.87. The van der Waals surface area contributed by atoms with E-state index >= 15 is 0 Å². The van der Waals surface area contributed by atoms with Gasteiger partial charge in [-0.2, -0.15) is 0 Å². The van der Waals surface area contributed by atoms with Gasteiger partial charge in [-0.15, -0.1) is 0 Å². The van der Waals surface area contributed by atoms with Crippen LogP contribution >= 0.6 is 0 Å². The first-order chi connectivity index (χ1) is 13.8. The molecule has 1 amide bonds. The molecule has 0 spiro atoms. The Balaban J connectivity index is 1.55. The molecule has 4 rings (SSSR count). The summed E-state index contributed by atoms with van der Waals surface area (Å²) in [6, 6.07) is 14.2. The lowest BCUT2D eigenvalue weighted by atomic mass is 10.0. The molecule has 2 aromatic carbocycles. The largest absolute Gasteiger partial charge is 0.397 e. The van der Waals surface area contributed by atoms with Gasteiger partial charge >= 0.3 is 0 Å². The highest BCUT2D eigenvalue weighted by Gasteiger charge is 2.34. The number of carbonyl (C=O) groups excluding carboxylic acids is 1. The van der Waals surface area contributed by atoms with Crippen LogP contribution in [0.2, 0.25) is 0 Å². The van der Waals surface area contributed by atoms with E-state index in [-0.39, 0.29) is 21.7 Å². The number of rotatable bonds is 5. The second-order valence-electron chi connectivity index (χ2n) is 6.95. The van der Waals surface area contributed by atoms with Crippen molar-refractivity contribution in [3.63, 3.8) is 0 Å². The van der Waals surface area contributed by atoms with Gasteiger partial charge in [0.15, 0.2) is 0 Å². The summed E-state index contributed by atoms with van der Waals surface area (Å²) in [5, 5.41) is 2.81. The SMILES string of the molecule is N=S(=O)(c1ccc(C(=O)Nc2cc(-c3ccc(F)cc3)ccc2N)cn1)C1CC1. The molecule has 29 heavy (non-hydrogen) atoms. The molecule has 148 valence electrons.